The molecule has 1 rings (SSSR count). The molecule has 0 aromatic heterocycles. The first-order chi connectivity index (χ1) is 8.06. The van der Waals surface area contributed by atoms with Gasteiger partial charge in [0.15, 0.2) is 11.5 Å². The molecule has 0 saturated carbocycles. The molecule has 0 saturated heterocycles. The Morgan fingerprint density at radius 2 is 1.94 bits per heavy atom. The number of phenols is 3. The maximum absolute atomic E-state index is 10.9. The van der Waals surface area contributed by atoms with Crippen LogP contribution in [0.25, 0.3) is 0 Å². The Morgan fingerprint density at radius 3 is 2.59 bits per heavy atom. The van der Waals surface area contributed by atoms with Gasteiger partial charge in [-0.25, -0.2) is 0 Å². The van der Waals surface area contributed by atoms with E-state index < -0.39 is 5.75 Å². The van der Waals surface area contributed by atoms with E-state index in [0.29, 0.717) is 25.1 Å². The molecule has 1 aromatic carbocycles. The van der Waals surface area contributed by atoms with E-state index in [9.17, 15) is 15.0 Å². The van der Waals surface area contributed by atoms with Crippen molar-refractivity contribution in [3.05, 3.63) is 17.7 Å². The van der Waals surface area contributed by atoms with Gasteiger partial charge in [-0.1, -0.05) is 6.07 Å². The van der Waals surface area contributed by atoms with Crippen LogP contribution in [-0.2, 0) is 11.3 Å². The van der Waals surface area contributed by atoms with Crippen molar-refractivity contribution < 1.29 is 20.1 Å². The Bertz CT molecular complexity index is 407. The Morgan fingerprint density at radius 1 is 1.24 bits per heavy atom. The Labute approximate surface area is 98.9 Å². The van der Waals surface area contributed by atoms with Gasteiger partial charge in [-0.3, -0.25) is 4.79 Å². The third-order valence-corrected chi connectivity index (χ3v) is 2.34. The van der Waals surface area contributed by atoms with Crippen LogP contribution in [0.1, 0.15) is 12.0 Å². The molecule has 6 heteroatoms. The summed E-state index contributed by atoms with van der Waals surface area (Å²) in [6.45, 7) is 0.761. The fourth-order valence-electron chi connectivity index (χ4n) is 1.30. The lowest BCUT2D eigenvalue weighted by molar-refractivity contribution is -0.120. The van der Waals surface area contributed by atoms with Gasteiger partial charge < -0.3 is 26.0 Å². The summed E-state index contributed by atoms with van der Waals surface area (Å²) in [5, 5.41) is 33.3. The predicted molar refractivity (Wildman–Crippen MR) is 61.8 cm³/mol. The third-order valence-electron chi connectivity index (χ3n) is 2.34. The summed E-state index contributed by atoms with van der Waals surface area (Å²) < 4.78 is 0. The molecule has 6 nitrogen and oxygen atoms in total. The zero-order valence-corrected chi connectivity index (χ0v) is 9.53. The molecule has 17 heavy (non-hydrogen) atoms. The van der Waals surface area contributed by atoms with E-state index in [-0.39, 0.29) is 17.4 Å². The number of rotatable bonds is 5. The molecule has 0 atom stereocenters. The van der Waals surface area contributed by atoms with Crippen molar-refractivity contribution in [2.75, 3.05) is 13.6 Å². The first-order valence-corrected chi connectivity index (χ1v) is 5.20. The van der Waals surface area contributed by atoms with Gasteiger partial charge in [-0.2, -0.15) is 0 Å². The molecular weight excluding hydrogens is 224 g/mol. The summed E-state index contributed by atoms with van der Waals surface area (Å²) in [4.78, 5) is 10.9. The zero-order valence-electron chi connectivity index (χ0n) is 9.53. The molecular formula is C11H16N2O4. The van der Waals surface area contributed by atoms with Gasteiger partial charge in [0.05, 0.1) is 0 Å². The van der Waals surface area contributed by atoms with Crippen LogP contribution in [0.3, 0.4) is 0 Å². The van der Waals surface area contributed by atoms with Crippen LogP contribution in [0, 0.1) is 0 Å². The van der Waals surface area contributed by atoms with Crippen molar-refractivity contribution in [2.45, 2.75) is 13.0 Å². The molecule has 0 radical (unpaired) electrons. The molecule has 0 unspecified atom stereocenters. The van der Waals surface area contributed by atoms with Crippen LogP contribution in [0.2, 0.25) is 0 Å². The molecule has 0 bridgehead atoms. The van der Waals surface area contributed by atoms with E-state index in [0.717, 1.165) is 0 Å². The average molecular weight is 240 g/mol. The van der Waals surface area contributed by atoms with Gasteiger partial charge in [0, 0.05) is 32.1 Å². The van der Waals surface area contributed by atoms with Crippen molar-refractivity contribution in [2.24, 2.45) is 0 Å². The van der Waals surface area contributed by atoms with Crippen molar-refractivity contribution in [1.29, 1.82) is 0 Å². The molecule has 1 aromatic rings. The van der Waals surface area contributed by atoms with Crippen LogP contribution in [-0.4, -0.2) is 34.8 Å². The van der Waals surface area contributed by atoms with Gasteiger partial charge in [0.25, 0.3) is 0 Å². The van der Waals surface area contributed by atoms with E-state index in [4.69, 9.17) is 5.11 Å². The topological polar surface area (TPSA) is 102 Å². The second kappa shape index (κ2) is 5.95. The number of hydrogen-bond donors (Lipinski definition) is 5. The lowest BCUT2D eigenvalue weighted by Gasteiger charge is -2.08. The first kappa shape index (κ1) is 13.1. The Hall–Kier alpha value is -1.95. The van der Waals surface area contributed by atoms with Gasteiger partial charge in [-0.05, 0) is 6.07 Å². The van der Waals surface area contributed by atoms with Gasteiger partial charge in [0.1, 0.15) is 0 Å². The van der Waals surface area contributed by atoms with Crippen molar-refractivity contribution >= 4 is 5.91 Å². The van der Waals surface area contributed by atoms with E-state index in [1.165, 1.54) is 12.1 Å². The molecule has 94 valence electrons. The third kappa shape index (κ3) is 3.53. The minimum atomic E-state index is -0.532. The molecule has 5 N–H and O–H groups in total. The highest BCUT2D eigenvalue weighted by Gasteiger charge is 2.10. The van der Waals surface area contributed by atoms with Gasteiger partial charge in [0.2, 0.25) is 11.7 Å². The molecule has 0 aliphatic rings. The summed E-state index contributed by atoms with van der Waals surface area (Å²) in [6.07, 6.45) is 0.335. The smallest absolute Gasteiger partial charge is 0.221 e. The van der Waals surface area contributed by atoms with Crippen LogP contribution in [0.5, 0.6) is 17.2 Å². The molecule has 0 heterocycles. The molecule has 0 aliphatic heterocycles. The average Bonchev–Trinajstić information content (AvgIpc) is 2.33. The van der Waals surface area contributed by atoms with Crippen molar-refractivity contribution in [3.63, 3.8) is 0 Å². The summed E-state index contributed by atoms with van der Waals surface area (Å²) in [6, 6.07) is 2.79. The fraction of sp³-hybridized carbons (Fsp3) is 0.364. The summed E-state index contributed by atoms with van der Waals surface area (Å²) in [5.41, 5.74) is 0.456. The number of phenolic OH excluding ortho intramolecular Hbond substituents is 3. The first-order valence-electron chi connectivity index (χ1n) is 5.20. The number of hydrogen-bond acceptors (Lipinski definition) is 5. The number of nitrogens with one attached hydrogen (secondary N) is 2. The van der Waals surface area contributed by atoms with Crippen LogP contribution >= 0.6 is 0 Å². The second-order valence-electron chi connectivity index (χ2n) is 3.54. The summed E-state index contributed by atoms with van der Waals surface area (Å²) >= 11 is 0. The van der Waals surface area contributed by atoms with E-state index in [1.54, 1.807) is 7.05 Å². The van der Waals surface area contributed by atoms with Crippen molar-refractivity contribution in [1.82, 2.24) is 10.6 Å². The summed E-state index contributed by atoms with van der Waals surface area (Å²) in [7, 11) is 1.56. The number of amides is 1. The van der Waals surface area contributed by atoms with Gasteiger partial charge in [-0.15, -0.1) is 0 Å². The fourth-order valence-corrected chi connectivity index (χ4v) is 1.30. The predicted octanol–water partition coefficient (Wildman–Crippen LogP) is 0.0291. The zero-order chi connectivity index (χ0) is 12.8. The number of benzene rings is 1. The standard InChI is InChI=1S/C11H16N2O4/c1-12-9(15)4-5-13-6-7-2-3-8(14)11(17)10(7)16/h2-3,13-14,16-17H,4-6H2,1H3,(H,12,15). The lowest BCUT2D eigenvalue weighted by Crippen LogP contribution is -2.24. The highest BCUT2D eigenvalue weighted by molar-refractivity contribution is 5.75. The summed E-state index contributed by atoms with van der Waals surface area (Å²) in [5.74, 6) is -1.32. The highest BCUT2D eigenvalue weighted by atomic mass is 16.3. The Kier molecular flexibility index (Phi) is 4.59. The molecule has 0 spiro atoms. The number of carbonyl (C=O) groups is 1. The molecule has 0 aliphatic carbocycles. The van der Waals surface area contributed by atoms with E-state index >= 15 is 0 Å². The lowest BCUT2D eigenvalue weighted by atomic mass is 10.1. The highest BCUT2D eigenvalue weighted by Crippen LogP contribution is 2.36. The maximum atomic E-state index is 10.9. The van der Waals surface area contributed by atoms with Crippen LogP contribution < -0.4 is 10.6 Å². The van der Waals surface area contributed by atoms with Crippen LogP contribution in [0.4, 0.5) is 0 Å². The van der Waals surface area contributed by atoms with E-state index in [1.807, 2.05) is 0 Å². The minimum absolute atomic E-state index is 0.0738. The molecule has 0 fully saturated rings. The normalized spacial score (nSPS) is 10.2. The number of aromatic hydroxyl groups is 3. The van der Waals surface area contributed by atoms with Crippen LogP contribution in [0.15, 0.2) is 12.1 Å². The van der Waals surface area contributed by atoms with Gasteiger partial charge >= 0.3 is 0 Å². The monoisotopic (exact) mass is 240 g/mol. The largest absolute Gasteiger partial charge is 0.504 e. The Balaban J connectivity index is 2.47. The quantitative estimate of drug-likeness (QED) is 0.369. The minimum Gasteiger partial charge on any atom is -0.504 e. The maximum Gasteiger partial charge on any atom is 0.221 e. The van der Waals surface area contributed by atoms with Crippen molar-refractivity contribution in [3.8, 4) is 17.2 Å². The SMILES string of the molecule is CNC(=O)CCNCc1ccc(O)c(O)c1O. The number of carbonyl (C=O) groups excluding carboxylic acids is 1. The second-order valence-corrected chi connectivity index (χ2v) is 3.54. The molecule has 1 amide bonds. The van der Waals surface area contributed by atoms with E-state index in [2.05, 4.69) is 10.6 Å².